The second kappa shape index (κ2) is 5.11. The summed E-state index contributed by atoms with van der Waals surface area (Å²) in [6.07, 6.45) is 0. The molecule has 1 aromatic heterocycles. The van der Waals surface area contributed by atoms with Gasteiger partial charge in [0, 0.05) is 5.69 Å². The Morgan fingerprint density at radius 1 is 0.636 bits per heavy atom. The standard InChI is InChI=1S/C19H15NO2/c1-14-10-12-15(13-11-14)20-16-6-2-4-8-18(16)21-22-19-9-5-3-7-17(19)20/h2-13H,1H3. The first-order chi connectivity index (χ1) is 10.8. The van der Waals surface area contributed by atoms with Gasteiger partial charge in [0.1, 0.15) is 0 Å². The monoisotopic (exact) mass is 289 g/mol. The molecule has 0 fully saturated rings. The van der Waals surface area contributed by atoms with Crippen molar-refractivity contribution in [2.24, 2.45) is 0 Å². The predicted molar refractivity (Wildman–Crippen MR) is 87.7 cm³/mol. The lowest BCUT2D eigenvalue weighted by atomic mass is 10.2. The van der Waals surface area contributed by atoms with Gasteiger partial charge in [-0.2, -0.15) is 0 Å². The molecule has 0 amide bonds. The zero-order chi connectivity index (χ0) is 14.9. The number of nitrogens with zero attached hydrogens (tertiary/aromatic N) is 1. The van der Waals surface area contributed by atoms with E-state index in [4.69, 9.17) is 9.15 Å². The minimum Gasteiger partial charge on any atom is -0.303 e. The molecule has 3 aromatic carbocycles. The number of benzene rings is 3. The molecule has 4 aromatic rings. The Bertz CT molecular complexity index is 927. The lowest BCUT2D eigenvalue weighted by molar-refractivity contribution is 0.0916. The van der Waals surface area contributed by atoms with Gasteiger partial charge in [-0.15, -0.1) is 0 Å². The van der Waals surface area contributed by atoms with Gasteiger partial charge in [0.25, 0.3) is 0 Å². The van der Waals surface area contributed by atoms with E-state index in [0.29, 0.717) is 11.2 Å². The van der Waals surface area contributed by atoms with Gasteiger partial charge in [-0.3, -0.25) is 9.15 Å². The number of fused-ring (bicyclic) bond motifs is 2. The van der Waals surface area contributed by atoms with Crippen LogP contribution < -0.4 is 0 Å². The molecule has 0 atom stereocenters. The highest BCUT2D eigenvalue weighted by atomic mass is 17.0. The molecular weight excluding hydrogens is 274 g/mol. The summed E-state index contributed by atoms with van der Waals surface area (Å²) in [7, 11) is 0. The molecule has 4 rings (SSSR count). The average molecular weight is 289 g/mol. The Hall–Kier alpha value is -2.94. The van der Waals surface area contributed by atoms with Gasteiger partial charge < -0.3 is 4.57 Å². The van der Waals surface area contributed by atoms with E-state index in [2.05, 4.69) is 35.8 Å². The van der Waals surface area contributed by atoms with Crippen molar-refractivity contribution < 1.29 is 9.15 Å². The Morgan fingerprint density at radius 2 is 1.14 bits per heavy atom. The van der Waals surface area contributed by atoms with Crippen LogP contribution in [0.1, 0.15) is 5.56 Å². The maximum absolute atomic E-state index is 5.51. The van der Waals surface area contributed by atoms with E-state index < -0.39 is 0 Å². The predicted octanol–water partition coefficient (Wildman–Crippen LogP) is 5.40. The van der Waals surface area contributed by atoms with Gasteiger partial charge >= 0.3 is 0 Å². The smallest absolute Gasteiger partial charge is 0.202 e. The van der Waals surface area contributed by atoms with Crippen LogP contribution in [0.15, 0.2) is 81.9 Å². The zero-order valence-corrected chi connectivity index (χ0v) is 12.2. The number of hydrogen-bond donors (Lipinski definition) is 0. The van der Waals surface area contributed by atoms with E-state index in [1.807, 2.05) is 48.5 Å². The van der Waals surface area contributed by atoms with Crippen molar-refractivity contribution in [3.63, 3.8) is 0 Å². The van der Waals surface area contributed by atoms with E-state index in [-0.39, 0.29) is 0 Å². The summed E-state index contributed by atoms with van der Waals surface area (Å²) >= 11 is 0. The fraction of sp³-hybridized carbons (Fsp3) is 0.0526. The molecule has 3 heteroatoms. The summed E-state index contributed by atoms with van der Waals surface area (Å²) in [5, 5.41) is 0. The normalized spacial score (nSPS) is 11.0. The fourth-order valence-electron chi connectivity index (χ4n) is 2.62. The van der Waals surface area contributed by atoms with Crippen LogP contribution in [-0.2, 0) is 0 Å². The third-order valence-electron chi connectivity index (χ3n) is 3.73. The minimum absolute atomic E-state index is 0.694. The van der Waals surface area contributed by atoms with Crippen LogP contribution in [0.3, 0.4) is 0 Å². The van der Waals surface area contributed by atoms with Gasteiger partial charge in [0.05, 0.1) is 11.0 Å². The summed E-state index contributed by atoms with van der Waals surface area (Å²) in [6, 6.07) is 24.2. The summed E-state index contributed by atoms with van der Waals surface area (Å²) in [5.41, 5.74) is 5.60. The number of para-hydroxylation sites is 4. The molecule has 0 spiro atoms. The van der Waals surface area contributed by atoms with Crippen molar-refractivity contribution >= 4 is 22.2 Å². The lowest BCUT2D eigenvalue weighted by Crippen LogP contribution is -1.96. The third kappa shape index (κ3) is 2.07. The quantitative estimate of drug-likeness (QED) is 0.439. The number of hydrogen-bond acceptors (Lipinski definition) is 2. The molecule has 0 saturated carbocycles. The summed E-state index contributed by atoms with van der Waals surface area (Å²) < 4.78 is 13.2. The highest BCUT2D eigenvalue weighted by Crippen LogP contribution is 2.24. The molecule has 0 bridgehead atoms. The van der Waals surface area contributed by atoms with Crippen molar-refractivity contribution in [1.29, 1.82) is 0 Å². The Morgan fingerprint density at radius 3 is 1.68 bits per heavy atom. The van der Waals surface area contributed by atoms with Crippen LogP contribution in [-0.4, -0.2) is 4.57 Å². The Balaban J connectivity index is 2.23. The number of rotatable bonds is 1. The largest absolute Gasteiger partial charge is 0.303 e. The van der Waals surface area contributed by atoms with E-state index in [1.54, 1.807) is 0 Å². The second-order valence-electron chi connectivity index (χ2n) is 5.27. The van der Waals surface area contributed by atoms with Crippen molar-refractivity contribution in [3.8, 4) is 5.69 Å². The maximum atomic E-state index is 5.51. The molecule has 22 heavy (non-hydrogen) atoms. The van der Waals surface area contributed by atoms with E-state index >= 15 is 0 Å². The third-order valence-corrected chi connectivity index (χ3v) is 3.73. The lowest BCUT2D eigenvalue weighted by Gasteiger charge is -2.09. The first kappa shape index (κ1) is 12.8. The summed E-state index contributed by atoms with van der Waals surface area (Å²) in [4.78, 5) is 0. The molecule has 0 radical (unpaired) electrons. The van der Waals surface area contributed by atoms with Gasteiger partial charge in [0.15, 0.2) is 0 Å². The molecule has 0 aliphatic carbocycles. The zero-order valence-electron chi connectivity index (χ0n) is 12.2. The summed E-state index contributed by atoms with van der Waals surface area (Å²) in [5.74, 6) is 0. The molecule has 0 unspecified atom stereocenters. The van der Waals surface area contributed by atoms with Crippen LogP contribution in [0.5, 0.6) is 0 Å². The first-order valence-corrected chi connectivity index (χ1v) is 7.22. The Labute approximate surface area is 127 Å². The minimum atomic E-state index is 0.694. The van der Waals surface area contributed by atoms with Crippen molar-refractivity contribution in [1.82, 2.24) is 4.57 Å². The van der Waals surface area contributed by atoms with Gasteiger partial charge in [-0.1, -0.05) is 42.0 Å². The van der Waals surface area contributed by atoms with Gasteiger partial charge in [-0.05, 0) is 43.3 Å². The van der Waals surface area contributed by atoms with Crippen LogP contribution in [0.2, 0.25) is 0 Å². The molecule has 0 N–H and O–H groups in total. The van der Waals surface area contributed by atoms with Crippen LogP contribution in [0.25, 0.3) is 27.9 Å². The molecule has 1 heterocycles. The number of aromatic nitrogens is 1. The van der Waals surface area contributed by atoms with Crippen molar-refractivity contribution in [3.05, 3.63) is 78.4 Å². The molecule has 3 nitrogen and oxygen atoms in total. The van der Waals surface area contributed by atoms with Crippen LogP contribution >= 0.6 is 0 Å². The van der Waals surface area contributed by atoms with Gasteiger partial charge in [-0.25, -0.2) is 0 Å². The van der Waals surface area contributed by atoms with Crippen molar-refractivity contribution in [2.75, 3.05) is 0 Å². The first-order valence-electron chi connectivity index (χ1n) is 7.22. The molecule has 0 saturated heterocycles. The van der Waals surface area contributed by atoms with E-state index in [9.17, 15) is 0 Å². The molecule has 0 aliphatic heterocycles. The summed E-state index contributed by atoms with van der Waals surface area (Å²) in [6.45, 7) is 2.08. The SMILES string of the molecule is Cc1ccc(-n2c3ccccc3ooc3ccccc32)cc1. The highest BCUT2D eigenvalue weighted by molar-refractivity contribution is 5.83. The Kier molecular flexibility index (Phi) is 2.97. The van der Waals surface area contributed by atoms with E-state index in [0.717, 1.165) is 16.7 Å². The topological polar surface area (TPSA) is 31.2 Å². The number of aryl methyl sites for hydroxylation is 1. The van der Waals surface area contributed by atoms with E-state index in [1.165, 1.54) is 5.56 Å². The second-order valence-corrected chi connectivity index (χ2v) is 5.27. The van der Waals surface area contributed by atoms with Crippen molar-refractivity contribution in [2.45, 2.75) is 6.92 Å². The van der Waals surface area contributed by atoms with Crippen LogP contribution in [0.4, 0.5) is 0 Å². The highest BCUT2D eigenvalue weighted by Gasteiger charge is 2.08. The van der Waals surface area contributed by atoms with Crippen LogP contribution in [0, 0.1) is 6.92 Å². The molecule has 0 aliphatic rings. The van der Waals surface area contributed by atoms with Gasteiger partial charge in [0.2, 0.25) is 11.2 Å². The average Bonchev–Trinajstić information content (AvgIpc) is 2.73. The fourth-order valence-corrected chi connectivity index (χ4v) is 2.62. The molecular formula is C19H15NO2. The maximum Gasteiger partial charge on any atom is 0.202 e. The molecule has 108 valence electrons.